The molecule has 0 aromatic carbocycles. The number of nitrogens with zero attached hydrogens (tertiary/aromatic N) is 2. The van der Waals surface area contributed by atoms with Gasteiger partial charge >= 0.3 is 0 Å². The van der Waals surface area contributed by atoms with Crippen molar-refractivity contribution >= 4 is 10.0 Å². The molecule has 0 aliphatic heterocycles. The Labute approximate surface area is 109 Å². The zero-order valence-corrected chi connectivity index (χ0v) is 11.6. The summed E-state index contributed by atoms with van der Waals surface area (Å²) in [5.41, 5.74) is 0. The molecule has 1 N–H and O–H groups in total. The van der Waals surface area contributed by atoms with Gasteiger partial charge in [0, 0.05) is 25.5 Å². The van der Waals surface area contributed by atoms with E-state index in [0.29, 0.717) is 6.54 Å². The minimum Gasteiger partial charge on any atom is -0.335 e. The SMILES string of the molecule is Cc1nccn1CCCNS(=O)(=O)C1CCCC1. The Morgan fingerprint density at radius 2 is 2.17 bits per heavy atom. The second kappa shape index (κ2) is 5.84. The monoisotopic (exact) mass is 271 g/mol. The minimum absolute atomic E-state index is 0.160. The van der Waals surface area contributed by atoms with Crippen LogP contribution in [0.3, 0.4) is 0 Å². The van der Waals surface area contributed by atoms with Gasteiger partial charge in [-0.05, 0) is 26.2 Å². The van der Waals surface area contributed by atoms with Crippen molar-refractivity contribution in [3.8, 4) is 0 Å². The Morgan fingerprint density at radius 1 is 1.44 bits per heavy atom. The number of rotatable bonds is 6. The van der Waals surface area contributed by atoms with E-state index in [1.165, 1.54) is 0 Å². The van der Waals surface area contributed by atoms with Crippen LogP contribution in [0.25, 0.3) is 0 Å². The first kappa shape index (κ1) is 13.5. The lowest BCUT2D eigenvalue weighted by Gasteiger charge is -2.12. The predicted molar refractivity (Wildman–Crippen MR) is 70.8 cm³/mol. The van der Waals surface area contributed by atoms with Crippen LogP contribution in [-0.2, 0) is 16.6 Å². The first-order valence-electron chi connectivity index (χ1n) is 6.56. The molecule has 0 atom stereocenters. The zero-order chi connectivity index (χ0) is 13.0. The summed E-state index contributed by atoms with van der Waals surface area (Å²) in [4.78, 5) is 4.13. The van der Waals surface area contributed by atoms with Crippen molar-refractivity contribution in [2.75, 3.05) is 6.54 Å². The summed E-state index contributed by atoms with van der Waals surface area (Å²) in [6.45, 7) is 3.26. The lowest BCUT2D eigenvalue weighted by molar-refractivity contribution is 0.553. The van der Waals surface area contributed by atoms with Crippen molar-refractivity contribution < 1.29 is 8.42 Å². The van der Waals surface area contributed by atoms with Crippen molar-refractivity contribution in [2.45, 2.75) is 50.8 Å². The van der Waals surface area contributed by atoms with Gasteiger partial charge in [-0.1, -0.05) is 12.8 Å². The first-order valence-corrected chi connectivity index (χ1v) is 8.10. The lowest BCUT2D eigenvalue weighted by Crippen LogP contribution is -2.33. The highest BCUT2D eigenvalue weighted by atomic mass is 32.2. The second-order valence-corrected chi connectivity index (χ2v) is 6.91. The van der Waals surface area contributed by atoms with Gasteiger partial charge in [0.05, 0.1) is 5.25 Å². The maximum Gasteiger partial charge on any atom is 0.214 e. The summed E-state index contributed by atoms with van der Waals surface area (Å²) in [6, 6.07) is 0. The molecule has 1 aromatic heterocycles. The number of hydrogen-bond acceptors (Lipinski definition) is 3. The molecule has 0 saturated heterocycles. The lowest BCUT2D eigenvalue weighted by atomic mass is 10.4. The summed E-state index contributed by atoms with van der Waals surface area (Å²) in [7, 11) is -3.09. The van der Waals surface area contributed by atoms with Crippen LogP contribution in [0, 0.1) is 6.92 Å². The van der Waals surface area contributed by atoms with E-state index in [4.69, 9.17) is 0 Å². The number of aryl methyl sites for hydroxylation is 2. The molecule has 2 rings (SSSR count). The number of aromatic nitrogens is 2. The van der Waals surface area contributed by atoms with Crippen LogP contribution in [0.4, 0.5) is 0 Å². The molecule has 1 fully saturated rings. The fourth-order valence-electron chi connectivity index (χ4n) is 2.42. The van der Waals surface area contributed by atoms with E-state index in [1.54, 1.807) is 6.20 Å². The smallest absolute Gasteiger partial charge is 0.214 e. The Morgan fingerprint density at radius 3 is 2.78 bits per heavy atom. The van der Waals surface area contributed by atoms with Gasteiger partial charge in [-0.25, -0.2) is 18.1 Å². The van der Waals surface area contributed by atoms with Crippen LogP contribution in [0.5, 0.6) is 0 Å². The van der Waals surface area contributed by atoms with Crippen LogP contribution in [0.2, 0.25) is 0 Å². The fraction of sp³-hybridized carbons (Fsp3) is 0.750. The molecule has 1 aromatic rings. The van der Waals surface area contributed by atoms with E-state index in [9.17, 15) is 8.42 Å². The topological polar surface area (TPSA) is 64.0 Å². The normalized spacial score (nSPS) is 17.4. The standard InChI is InChI=1S/C12H21N3O2S/c1-11-13-8-10-15(11)9-4-7-14-18(16,17)12-5-2-3-6-12/h8,10,12,14H,2-7,9H2,1H3. The summed E-state index contributed by atoms with van der Waals surface area (Å²) in [6.07, 6.45) is 8.19. The molecule has 0 unspecified atom stereocenters. The Kier molecular flexibility index (Phi) is 4.40. The van der Waals surface area contributed by atoms with Crippen molar-refractivity contribution in [1.29, 1.82) is 0 Å². The van der Waals surface area contributed by atoms with Gasteiger partial charge in [-0.15, -0.1) is 0 Å². The molecule has 5 nitrogen and oxygen atoms in total. The summed E-state index contributed by atoms with van der Waals surface area (Å²) in [5, 5.41) is -0.160. The summed E-state index contributed by atoms with van der Waals surface area (Å²) >= 11 is 0. The first-order chi connectivity index (χ1) is 8.59. The second-order valence-electron chi connectivity index (χ2n) is 4.87. The molecule has 102 valence electrons. The summed E-state index contributed by atoms with van der Waals surface area (Å²) in [5.74, 6) is 0.966. The van der Waals surface area contributed by atoms with Crippen molar-refractivity contribution in [3.63, 3.8) is 0 Å². The molecule has 1 aliphatic carbocycles. The molecule has 1 saturated carbocycles. The van der Waals surface area contributed by atoms with Crippen LogP contribution in [-0.4, -0.2) is 29.8 Å². The highest BCUT2D eigenvalue weighted by Gasteiger charge is 2.27. The largest absolute Gasteiger partial charge is 0.335 e. The Balaban J connectivity index is 1.73. The molecule has 0 bridgehead atoms. The van der Waals surface area contributed by atoms with Gasteiger partial charge < -0.3 is 4.57 Å². The Bertz CT molecular complexity index is 475. The molecule has 1 aliphatic rings. The van der Waals surface area contributed by atoms with Gasteiger partial charge in [0.1, 0.15) is 5.82 Å². The van der Waals surface area contributed by atoms with E-state index in [2.05, 4.69) is 9.71 Å². The van der Waals surface area contributed by atoms with E-state index in [-0.39, 0.29) is 5.25 Å². The van der Waals surface area contributed by atoms with Gasteiger partial charge in [0.2, 0.25) is 10.0 Å². The highest BCUT2D eigenvalue weighted by molar-refractivity contribution is 7.90. The van der Waals surface area contributed by atoms with Crippen LogP contribution < -0.4 is 4.72 Å². The third kappa shape index (κ3) is 3.32. The molecule has 0 radical (unpaired) electrons. The highest BCUT2D eigenvalue weighted by Crippen LogP contribution is 2.23. The average Bonchev–Trinajstić information content (AvgIpc) is 2.96. The van der Waals surface area contributed by atoms with Gasteiger partial charge in [0.15, 0.2) is 0 Å². The molecular formula is C12H21N3O2S. The zero-order valence-electron chi connectivity index (χ0n) is 10.8. The third-order valence-electron chi connectivity index (χ3n) is 3.54. The maximum atomic E-state index is 11.9. The molecule has 0 spiro atoms. The van der Waals surface area contributed by atoms with Gasteiger partial charge in [-0.3, -0.25) is 0 Å². The van der Waals surface area contributed by atoms with E-state index in [1.807, 2.05) is 17.7 Å². The molecular weight excluding hydrogens is 250 g/mol. The Hall–Kier alpha value is -0.880. The van der Waals surface area contributed by atoms with E-state index in [0.717, 1.165) is 44.5 Å². The quantitative estimate of drug-likeness (QED) is 0.796. The molecule has 0 amide bonds. The van der Waals surface area contributed by atoms with Crippen LogP contribution in [0.15, 0.2) is 12.4 Å². The van der Waals surface area contributed by atoms with Crippen molar-refractivity contribution in [3.05, 3.63) is 18.2 Å². The van der Waals surface area contributed by atoms with Crippen molar-refractivity contribution in [1.82, 2.24) is 14.3 Å². The van der Waals surface area contributed by atoms with Crippen LogP contribution >= 0.6 is 0 Å². The molecule has 6 heteroatoms. The average molecular weight is 271 g/mol. The predicted octanol–water partition coefficient (Wildman–Crippen LogP) is 1.44. The molecule has 1 heterocycles. The molecule has 18 heavy (non-hydrogen) atoms. The number of sulfonamides is 1. The number of imidazole rings is 1. The minimum atomic E-state index is -3.09. The van der Waals surface area contributed by atoms with E-state index < -0.39 is 10.0 Å². The van der Waals surface area contributed by atoms with Gasteiger partial charge in [0.25, 0.3) is 0 Å². The fourth-order valence-corrected chi connectivity index (χ4v) is 4.04. The maximum absolute atomic E-state index is 11.9. The van der Waals surface area contributed by atoms with Crippen molar-refractivity contribution in [2.24, 2.45) is 0 Å². The number of nitrogens with one attached hydrogen (secondary N) is 1. The number of hydrogen-bond donors (Lipinski definition) is 1. The summed E-state index contributed by atoms with van der Waals surface area (Å²) < 4.78 is 28.6. The van der Waals surface area contributed by atoms with Crippen LogP contribution in [0.1, 0.15) is 37.9 Å². The van der Waals surface area contributed by atoms with E-state index >= 15 is 0 Å². The third-order valence-corrected chi connectivity index (χ3v) is 5.50. The van der Waals surface area contributed by atoms with Gasteiger partial charge in [-0.2, -0.15) is 0 Å².